The fourth-order valence-electron chi connectivity index (χ4n) is 2.72. The predicted octanol–water partition coefficient (Wildman–Crippen LogP) is 3.36. The van der Waals surface area contributed by atoms with Crippen LogP contribution in [-0.4, -0.2) is 12.5 Å². The SMILES string of the molecule is O=C(NCCc1cccc(F)c1)C1(c2ccc(F)cc2)CC1. The smallest absolute Gasteiger partial charge is 0.230 e. The number of halogens is 2. The molecule has 0 aliphatic heterocycles. The maximum Gasteiger partial charge on any atom is 0.230 e. The lowest BCUT2D eigenvalue weighted by atomic mass is 9.95. The normalized spacial score (nSPS) is 15.4. The minimum Gasteiger partial charge on any atom is -0.355 e. The summed E-state index contributed by atoms with van der Waals surface area (Å²) in [5.41, 5.74) is 1.21. The molecule has 2 aromatic rings. The number of carbonyl (C=O) groups is 1. The number of hydrogen-bond donors (Lipinski definition) is 1. The van der Waals surface area contributed by atoms with Gasteiger partial charge in [-0.3, -0.25) is 4.79 Å². The zero-order chi connectivity index (χ0) is 15.6. The van der Waals surface area contributed by atoms with Gasteiger partial charge in [0.2, 0.25) is 5.91 Å². The van der Waals surface area contributed by atoms with E-state index in [1.54, 1.807) is 18.2 Å². The number of rotatable bonds is 5. The van der Waals surface area contributed by atoms with Crippen LogP contribution in [0.4, 0.5) is 8.78 Å². The van der Waals surface area contributed by atoms with Gasteiger partial charge in [0.1, 0.15) is 11.6 Å². The van der Waals surface area contributed by atoms with Gasteiger partial charge in [0.05, 0.1) is 5.41 Å². The van der Waals surface area contributed by atoms with Crippen molar-refractivity contribution in [2.75, 3.05) is 6.54 Å². The predicted molar refractivity (Wildman–Crippen MR) is 80.4 cm³/mol. The number of carbonyl (C=O) groups excluding carboxylic acids is 1. The second-order valence-corrected chi connectivity index (χ2v) is 5.72. The minimum atomic E-state index is -0.504. The average molecular weight is 301 g/mol. The van der Waals surface area contributed by atoms with Gasteiger partial charge in [-0.1, -0.05) is 24.3 Å². The summed E-state index contributed by atoms with van der Waals surface area (Å²) in [6.45, 7) is 0.464. The van der Waals surface area contributed by atoms with Gasteiger partial charge in [0.25, 0.3) is 0 Å². The first-order valence-electron chi connectivity index (χ1n) is 7.39. The van der Waals surface area contributed by atoms with Crippen LogP contribution in [0.15, 0.2) is 48.5 Å². The van der Waals surface area contributed by atoms with E-state index in [9.17, 15) is 13.6 Å². The van der Waals surface area contributed by atoms with Crippen molar-refractivity contribution in [2.24, 2.45) is 0 Å². The van der Waals surface area contributed by atoms with E-state index in [1.807, 2.05) is 6.07 Å². The third-order valence-electron chi connectivity index (χ3n) is 4.17. The summed E-state index contributed by atoms with van der Waals surface area (Å²) in [6, 6.07) is 12.5. The molecule has 1 saturated carbocycles. The van der Waals surface area contributed by atoms with Crippen LogP contribution in [0.1, 0.15) is 24.0 Å². The van der Waals surface area contributed by atoms with Crippen molar-refractivity contribution in [2.45, 2.75) is 24.7 Å². The van der Waals surface area contributed by atoms with E-state index < -0.39 is 5.41 Å². The van der Waals surface area contributed by atoms with Gasteiger partial charge in [-0.15, -0.1) is 0 Å². The van der Waals surface area contributed by atoms with Crippen LogP contribution in [0, 0.1) is 11.6 Å². The highest BCUT2D eigenvalue weighted by atomic mass is 19.1. The molecule has 0 heterocycles. The Hall–Kier alpha value is -2.23. The van der Waals surface area contributed by atoms with Crippen molar-refractivity contribution >= 4 is 5.91 Å². The molecule has 3 rings (SSSR count). The summed E-state index contributed by atoms with van der Waals surface area (Å²) in [5, 5.41) is 2.91. The lowest BCUT2D eigenvalue weighted by molar-refractivity contribution is -0.123. The van der Waals surface area contributed by atoms with Crippen LogP contribution in [0.25, 0.3) is 0 Å². The molecule has 2 aromatic carbocycles. The third-order valence-corrected chi connectivity index (χ3v) is 4.17. The molecular formula is C18H17F2NO. The standard InChI is InChI=1S/C18H17F2NO/c19-15-6-4-14(5-7-15)18(9-10-18)17(22)21-11-8-13-2-1-3-16(20)12-13/h1-7,12H,8-11H2,(H,21,22). The van der Waals surface area contributed by atoms with E-state index in [-0.39, 0.29) is 17.5 Å². The zero-order valence-electron chi connectivity index (χ0n) is 12.1. The maximum atomic E-state index is 13.1. The zero-order valence-corrected chi connectivity index (χ0v) is 12.1. The molecule has 4 heteroatoms. The Kier molecular flexibility index (Phi) is 3.92. The van der Waals surface area contributed by atoms with Crippen molar-refractivity contribution in [3.05, 3.63) is 71.3 Å². The van der Waals surface area contributed by atoms with Crippen molar-refractivity contribution in [1.29, 1.82) is 0 Å². The van der Waals surface area contributed by atoms with E-state index in [0.29, 0.717) is 13.0 Å². The summed E-state index contributed by atoms with van der Waals surface area (Å²) in [7, 11) is 0. The first-order chi connectivity index (χ1) is 10.6. The van der Waals surface area contributed by atoms with Crippen molar-refractivity contribution in [1.82, 2.24) is 5.32 Å². The van der Waals surface area contributed by atoms with Crippen molar-refractivity contribution < 1.29 is 13.6 Å². The molecule has 1 aliphatic rings. The molecule has 0 unspecified atom stereocenters. The van der Waals surface area contributed by atoms with E-state index in [0.717, 1.165) is 24.0 Å². The van der Waals surface area contributed by atoms with Crippen molar-refractivity contribution in [3.8, 4) is 0 Å². The summed E-state index contributed by atoms with van der Waals surface area (Å²) in [4.78, 5) is 12.4. The first-order valence-corrected chi connectivity index (χ1v) is 7.39. The molecule has 0 atom stereocenters. The molecule has 1 aliphatic carbocycles. The highest BCUT2D eigenvalue weighted by molar-refractivity contribution is 5.91. The van der Waals surface area contributed by atoms with Crippen molar-refractivity contribution in [3.63, 3.8) is 0 Å². The number of hydrogen-bond acceptors (Lipinski definition) is 1. The second-order valence-electron chi connectivity index (χ2n) is 5.72. The Bertz CT molecular complexity index is 678. The van der Waals surface area contributed by atoms with Gasteiger partial charge >= 0.3 is 0 Å². The molecule has 0 bridgehead atoms. The summed E-state index contributed by atoms with van der Waals surface area (Å²) in [6.07, 6.45) is 2.15. The van der Waals surface area contributed by atoms with Gasteiger partial charge < -0.3 is 5.32 Å². The van der Waals surface area contributed by atoms with Gasteiger partial charge in [-0.05, 0) is 54.7 Å². The van der Waals surface area contributed by atoms with Crippen LogP contribution < -0.4 is 5.32 Å². The second kappa shape index (κ2) is 5.87. The quantitative estimate of drug-likeness (QED) is 0.901. The molecule has 0 saturated heterocycles. The van der Waals surface area contributed by atoms with Gasteiger partial charge in [0, 0.05) is 6.54 Å². The van der Waals surface area contributed by atoms with E-state index in [4.69, 9.17) is 0 Å². The molecule has 1 amide bonds. The Morgan fingerprint density at radius 2 is 1.77 bits per heavy atom. The fourth-order valence-corrected chi connectivity index (χ4v) is 2.72. The molecule has 0 aromatic heterocycles. The summed E-state index contributed by atoms with van der Waals surface area (Å²) >= 11 is 0. The van der Waals surface area contributed by atoms with Crippen LogP contribution in [-0.2, 0) is 16.6 Å². The van der Waals surface area contributed by atoms with Crippen LogP contribution in [0.2, 0.25) is 0 Å². The maximum absolute atomic E-state index is 13.1. The molecule has 0 radical (unpaired) electrons. The summed E-state index contributed by atoms with van der Waals surface area (Å²) in [5.74, 6) is -0.602. The van der Waals surface area contributed by atoms with E-state index >= 15 is 0 Å². The minimum absolute atomic E-state index is 0.0319. The van der Waals surface area contributed by atoms with Crippen LogP contribution in [0.5, 0.6) is 0 Å². The Balaban J connectivity index is 1.59. The highest BCUT2D eigenvalue weighted by Gasteiger charge is 2.50. The Morgan fingerprint density at radius 3 is 2.41 bits per heavy atom. The van der Waals surface area contributed by atoms with E-state index in [2.05, 4.69) is 5.32 Å². The molecule has 114 valence electrons. The number of benzene rings is 2. The first kappa shape index (κ1) is 14.7. The lowest BCUT2D eigenvalue weighted by Gasteiger charge is -2.16. The van der Waals surface area contributed by atoms with Crippen LogP contribution >= 0.6 is 0 Å². The van der Waals surface area contributed by atoms with Gasteiger partial charge in [-0.2, -0.15) is 0 Å². The number of nitrogens with one attached hydrogen (secondary N) is 1. The Labute approximate surface area is 128 Å². The number of amides is 1. The topological polar surface area (TPSA) is 29.1 Å². The molecular weight excluding hydrogens is 284 g/mol. The monoisotopic (exact) mass is 301 g/mol. The molecule has 22 heavy (non-hydrogen) atoms. The highest BCUT2D eigenvalue weighted by Crippen LogP contribution is 2.48. The van der Waals surface area contributed by atoms with E-state index in [1.165, 1.54) is 24.3 Å². The average Bonchev–Trinajstić information content (AvgIpc) is 3.30. The Morgan fingerprint density at radius 1 is 1.05 bits per heavy atom. The lowest BCUT2D eigenvalue weighted by Crippen LogP contribution is -2.35. The molecule has 0 spiro atoms. The van der Waals surface area contributed by atoms with Gasteiger partial charge in [-0.25, -0.2) is 8.78 Å². The third kappa shape index (κ3) is 3.01. The fraction of sp³-hybridized carbons (Fsp3) is 0.278. The van der Waals surface area contributed by atoms with Gasteiger partial charge in [0.15, 0.2) is 0 Å². The molecule has 1 N–H and O–H groups in total. The summed E-state index contributed by atoms with van der Waals surface area (Å²) < 4.78 is 26.1. The molecule has 2 nitrogen and oxygen atoms in total. The molecule has 1 fully saturated rings. The largest absolute Gasteiger partial charge is 0.355 e. The van der Waals surface area contributed by atoms with Crippen LogP contribution in [0.3, 0.4) is 0 Å².